The van der Waals surface area contributed by atoms with Crippen LogP contribution < -0.4 is 0 Å². The Morgan fingerprint density at radius 3 is 0.667 bits per heavy atom. The zero-order valence-electron chi connectivity index (χ0n) is 12.2. The van der Waals surface area contributed by atoms with E-state index in [9.17, 15) is 18.3 Å². The van der Waals surface area contributed by atoms with Crippen LogP contribution in [0.25, 0.3) is 0 Å². The third-order valence-electron chi connectivity index (χ3n) is 1.24. The monoisotopic (exact) mass is 574 g/mol. The molecule has 0 aromatic heterocycles. The Hall–Kier alpha value is 4.36. The second-order valence-corrected chi connectivity index (χ2v) is 8.86. The molecule has 0 bridgehead atoms. The molecule has 26 heteroatoms. The topological polar surface area (TPSA) is 330 Å². The first kappa shape index (κ1) is 51.1. The Labute approximate surface area is 257 Å². The van der Waals surface area contributed by atoms with Gasteiger partial charge in [0.15, 0.2) is 0 Å². The Kier molecular flexibility index (Phi) is 40.4. The Morgan fingerprint density at radius 2 is 0.633 bits per heavy atom. The number of aliphatic hydroxyl groups is 4. The number of rotatable bonds is 7. The third-order valence-corrected chi connectivity index (χ3v) is 4.65. The molecule has 0 spiro atoms. The van der Waals surface area contributed by atoms with E-state index < -0.39 is 56.7 Å². The van der Waals surface area contributed by atoms with E-state index in [1.165, 1.54) is 0 Å². The van der Waals surface area contributed by atoms with Gasteiger partial charge in [0.2, 0.25) is 0 Å². The van der Waals surface area contributed by atoms with Crippen LogP contribution in [-0.2, 0) is 26.9 Å². The molecule has 0 aliphatic carbocycles. The van der Waals surface area contributed by atoms with Gasteiger partial charge in [-0.3, -0.25) is 0 Å². The van der Waals surface area contributed by atoms with Gasteiger partial charge >= 0.3 is 150 Å². The molecule has 0 aliphatic rings. The van der Waals surface area contributed by atoms with E-state index in [4.69, 9.17) is 59.6 Å². The van der Waals surface area contributed by atoms with Gasteiger partial charge in [-0.05, 0) is 0 Å². The molecule has 0 radical (unpaired) electrons. The van der Waals surface area contributed by atoms with Gasteiger partial charge in [0.1, 0.15) is 12.2 Å². The number of hydrogen-bond acceptors (Lipinski definition) is 10. The van der Waals surface area contributed by atoms with Gasteiger partial charge in [-0.2, -0.15) is 8.62 Å². The summed E-state index contributed by atoms with van der Waals surface area (Å²) < 4.78 is 44.4. The van der Waals surface area contributed by atoms with Crippen LogP contribution in [0.2, 0.25) is 0 Å². The van der Waals surface area contributed by atoms with Crippen LogP contribution in [0.15, 0.2) is 0 Å². The first-order valence-electron chi connectivity index (χ1n) is 5.36. The van der Waals surface area contributed by atoms with E-state index in [1.807, 2.05) is 0 Å². The van der Waals surface area contributed by atoms with Crippen molar-refractivity contribution in [2.75, 3.05) is 13.2 Å². The minimum atomic E-state index is -5.05. The average Bonchev–Trinajstić information content (AvgIpc) is 2.29. The zero-order chi connectivity index (χ0) is 22.0. The van der Waals surface area contributed by atoms with Gasteiger partial charge < -0.3 is 59.6 Å². The number of phosphoric acid groups is 4. The quantitative estimate of drug-likeness (QED) is 0.0993. The van der Waals surface area contributed by atoms with Crippen molar-refractivity contribution in [2.45, 2.75) is 12.2 Å². The minimum absolute atomic E-state index is 0. The van der Waals surface area contributed by atoms with E-state index >= 15 is 0 Å². The first-order chi connectivity index (χ1) is 11.1. The summed E-state index contributed by atoms with van der Waals surface area (Å²) in [5.74, 6) is 0. The van der Waals surface area contributed by atoms with Crippen molar-refractivity contribution in [3.63, 3.8) is 0 Å². The predicted octanol–water partition coefficient (Wildman–Crippen LogP) is -6.52. The van der Waals surface area contributed by atoms with Gasteiger partial charge in [0, 0.05) is 0 Å². The standard InChI is InChI=1S/C4H10O4.4Na.2H4O7P2.4H/c5-1-3(7)4(8)2-6;;;;;2*1-8(2,3)7-9(4,5)6;;;;/h3-8H,1-2H2;;;;;2*(H2,1,2,3)(H2,4,5,6);;;;/t3-,4+;;;;;;;;;;. The summed E-state index contributed by atoms with van der Waals surface area (Å²) in [7, 11) is -20.2. The molecular formula is C4H22Na4O18P4. The maximum absolute atomic E-state index is 9.63. The normalized spacial score (nSPS) is 13.1. The molecule has 0 rings (SSSR count). The number of aliphatic hydroxyl groups excluding tert-OH is 4. The molecule has 2 atom stereocenters. The third kappa shape index (κ3) is 53.6. The molecule has 0 aromatic rings. The van der Waals surface area contributed by atoms with E-state index in [0.29, 0.717) is 0 Å². The zero-order valence-corrected chi connectivity index (χ0v) is 15.8. The van der Waals surface area contributed by atoms with Gasteiger partial charge in [-0.1, -0.05) is 0 Å². The molecular weight excluding hydrogens is 552 g/mol. The SMILES string of the molecule is O=P(O)(O)OP(=O)(O)O.O=P(O)(O)OP(=O)(O)O.OC[C@@H](O)[C@@H](O)CO.[NaH].[NaH].[NaH].[NaH]. The Bertz CT molecular complexity index is 475. The van der Waals surface area contributed by atoms with Crippen LogP contribution >= 0.6 is 31.3 Å². The molecule has 12 N–H and O–H groups in total. The van der Waals surface area contributed by atoms with E-state index in [0.717, 1.165) is 0 Å². The van der Waals surface area contributed by atoms with Crippen molar-refractivity contribution in [3.05, 3.63) is 0 Å². The summed E-state index contributed by atoms with van der Waals surface area (Å²) in [6.07, 6.45) is -2.44. The summed E-state index contributed by atoms with van der Waals surface area (Å²) in [6.45, 7) is -1.05. The van der Waals surface area contributed by atoms with Crippen molar-refractivity contribution in [1.82, 2.24) is 0 Å². The van der Waals surface area contributed by atoms with Gasteiger partial charge in [-0.25, -0.2) is 18.3 Å². The molecule has 170 valence electrons. The molecule has 0 aromatic carbocycles. The van der Waals surface area contributed by atoms with E-state index in [2.05, 4.69) is 8.62 Å². The van der Waals surface area contributed by atoms with E-state index in [1.54, 1.807) is 0 Å². The van der Waals surface area contributed by atoms with Crippen LogP contribution in [0.1, 0.15) is 0 Å². The summed E-state index contributed by atoms with van der Waals surface area (Å²) in [5, 5.41) is 33.2. The molecule has 0 aliphatic heterocycles. The average molecular weight is 574 g/mol. The van der Waals surface area contributed by atoms with Crippen LogP contribution in [0.5, 0.6) is 0 Å². The molecule has 30 heavy (non-hydrogen) atoms. The van der Waals surface area contributed by atoms with Crippen LogP contribution in [0.3, 0.4) is 0 Å². The van der Waals surface area contributed by atoms with Crippen LogP contribution in [0, 0.1) is 0 Å². The molecule has 0 unspecified atom stereocenters. The molecule has 0 amide bonds. The van der Waals surface area contributed by atoms with Crippen molar-refractivity contribution < 1.29 is 86.5 Å². The fourth-order valence-corrected chi connectivity index (χ4v) is 2.74. The van der Waals surface area contributed by atoms with Crippen molar-refractivity contribution in [1.29, 1.82) is 0 Å². The fraction of sp³-hybridized carbons (Fsp3) is 1.00. The summed E-state index contributed by atoms with van der Waals surface area (Å²) in [5.41, 5.74) is 0. The maximum atomic E-state index is 9.63. The van der Waals surface area contributed by atoms with Crippen molar-refractivity contribution in [3.8, 4) is 0 Å². The molecule has 0 fully saturated rings. The molecule has 0 saturated heterocycles. The first-order valence-corrected chi connectivity index (χ1v) is 11.5. The second-order valence-electron chi connectivity index (χ2n) is 3.63. The molecule has 0 heterocycles. The van der Waals surface area contributed by atoms with Gasteiger partial charge in [0.05, 0.1) is 13.2 Å². The van der Waals surface area contributed by atoms with Crippen molar-refractivity contribution >= 4 is 150 Å². The van der Waals surface area contributed by atoms with Gasteiger partial charge in [0.25, 0.3) is 0 Å². The summed E-state index contributed by atoms with van der Waals surface area (Å²) in [4.78, 5) is 62.0. The fourth-order valence-electron chi connectivity index (χ4n) is 0.520. The van der Waals surface area contributed by atoms with Gasteiger partial charge in [-0.15, -0.1) is 0 Å². The molecule has 0 saturated carbocycles. The Balaban J connectivity index is -0.0000000497. The Morgan fingerprint density at radius 1 is 0.500 bits per heavy atom. The molecule has 18 nitrogen and oxygen atoms in total. The van der Waals surface area contributed by atoms with E-state index in [-0.39, 0.29) is 118 Å². The van der Waals surface area contributed by atoms with Crippen LogP contribution in [0.4, 0.5) is 0 Å². The second kappa shape index (κ2) is 23.7. The van der Waals surface area contributed by atoms with Crippen molar-refractivity contribution in [2.24, 2.45) is 0 Å². The summed E-state index contributed by atoms with van der Waals surface area (Å²) in [6, 6.07) is 0. The predicted molar refractivity (Wildman–Crippen MR) is 105 cm³/mol. The summed E-state index contributed by atoms with van der Waals surface area (Å²) >= 11 is 0. The number of hydrogen-bond donors (Lipinski definition) is 12. The van der Waals surface area contributed by atoms with Crippen LogP contribution in [-0.4, -0.2) is 203 Å².